The molecule has 2 fully saturated rings. The number of amides is 2. The van der Waals surface area contributed by atoms with Crippen LogP contribution in [-0.2, 0) is 25.6 Å². The number of likely N-dealkylation sites (N-methyl/N-ethyl adjacent to an activating group) is 2. The van der Waals surface area contributed by atoms with E-state index in [-0.39, 0.29) is 24.1 Å². The molecule has 6 rings (SSSR count). The SMILES string of the molecule is CCOc1cc(-c2cccc(-c3cccc(NC(=O)C4=CN(C)C5OC5N(C)C4=O)c3C)c2Cl)ccc1CN[C@@H]1CCOC[C@@H]1O. The summed E-state index contributed by atoms with van der Waals surface area (Å²) in [6.07, 6.45) is 1.14. The fourth-order valence-electron chi connectivity index (χ4n) is 6.05. The number of halogens is 1. The van der Waals surface area contributed by atoms with Gasteiger partial charge in [-0.1, -0.05) is 54.1 Å². The molecular weight excluding hydrogens is 608 g/mol. The molecule has 3 aliphatic rings. The minimum Gasteiger partial charge on any atom is -0.494 e. The molecule has 46 heavy (non-hydrogen) atoms. The summed E-state index contributed by atoms with van der Waals surface area (Å²) >= 11 is 7.11. The van der Waals surface area contributed by atoms with Gasteiger partial charge in [-0.05, 0) is 49.1 Å². The topological polar surface area (TPSA) is 116 Å². The summed E-state index contributed by atoms with van der Waals surface area (Å²) in [7, 11) is 3.42. The van der Waals surface area contributed by atoms with Gasteiger partial charge < -0.3 is 39.8 Å². The van der Waals surface area contributed by atoms with Gasteiger partial charge in [-0.3, -0.25) is 9.59 Å². The second-order valence-corrected chi connectivity index (χ2v) is 12.2. The molecule has 4 atom stereocenters. The maximum atomic E-state index is 13.4. The minimum atomic E-state index is -0.541. The number of carbonyl (C=O) groups excluding carboxylic acids is 2. The normalized spacial score (nSPS) is 22.6. The van der Waals surface area contributed by atoms with Gasteiger partial charge in [0.1, 0.15) is 11.3 Å². The molecule has 2 amide bonds. The lowest BCUT2D eigenvalue weighted by atomic mass is 9.94. The van der Waals surface area contributed by atoms with Crippen molar-refractivity contribution >= 4 is 29.1 Å². The van der Waals surface area contributed by atoms with Crippen molar-refractivity contribution in [3.8, 4) is 28.0 Å². The first-order valence-corrected chi connectivity index (χ1v) is 15.9. The summed E-state index contributed by atoms with van der Waals surface area (Å²) in [5.41, 5.74) is 5.84. The number of carbonyl (C=O) groups is 2. The Bertz CT molecular complexity index is 1680. The first-order chi connectivity index (χ1) is 22.2. The number of hydrogen-bond donors (Lipinski definition) is 3. The number of hydrogen-bond acceptors (Lipinski definition) is 8. The van der Waals surface area contributed by atoms with Crippen molar-refractivity contribution < 1.29 is 28.9 Å². The molecule has 3 aromatic rings. The summed E-state index contributed by atoms with van der Waals surface area (Å²) in [6.45, 7) is 5.88. The first kappa shape index (κ1) is 32.0. The number of anilines is 1. The average Bonchev–Trinajstić information content (AvgIpc) is 3.86. The standard InChI is InChI=1S/C35H39ClN4O6/c1-5-45-30-16-21(12-13-22(30)17-37-28-14-15-44-19-29(28)41)24-9-6-10-25(31(24)36)23-8-7-11-27(20(23)2)38-32(42)26-18-39(3)34-35(46-34)40(4)33(26)43/h6-13,16,18,28-29,34-35,37,41H,5,14-15,17,19H2,1-4H3,(H,38,42)/t28-,29+,34?,35?/m1/s1. The van der Waals surface area contributed by atoms with Crippen molar-refractivity contribution in [2.24, 2.45) is 0 Å². The summed E-state index contributed by atoms with van der Waals surface area (Å²) in [5, 5.41) is 17.2. The number of nitrogens with zero attached hydrogens (tertiary/aromatic N) is 2. The summed E-state index contributed by atoms with van der Waals surface area (Å²) in [5.74, 6) is -0.137. The highest BCUT2D eigenvalue weighted by molar-refractivity contribution is 6.36. The van der Waals surface area contributed by atoms with Gasteiger partial charge in [0.25, 0.3) is 11.8 Å². The zero-order valence-corrected chi connectivity index (χ0v) is 27.1. The maximum absolute atomic E-state index is 13.4. The van der Waals surface area contributed by atoms with Crippen LogP contribution in [-0.4, -0.2) is 85.2 Å². The number of ether oxygens (including phenoxy) is 3. The molecule has 0 spiro atoms. The molecule has 11 heteroatoms. The number of rotatable bonds is 9. The highest BCUT2D eigenvalue weighted by atomic mass is 35.5. The first-order valence-electron chi connectivity index (χ1n) is 15.5. The van der Waals surface area contributed by atoms with Crippen LogP contribution in [0.2, 0.25) is 5.02 Å². The van der Waals surface area contributed by atoms with Gasteiger partial charge in [0.15, 0.2) is 12.5 Å². The summed E-state index contributed by atoms with van der Waals surface area (Å²) < 4.78 is 16.9. The van der Waals surface area contributed by atoms with Crippen molar-refractivity contribution in [3.05, 3.63) is 82.5 Å². The zero-order chi connectivity index (χ0) is 32.5. The fraction of sp³-hybridized carbons (Fsp3) is 0.371. The quantitative estimate of drug-likeness (QED) is 0.230. The number of epoxide rings is 1. The Morgan fingerprint density at radius 2 is 1.85 bits per heavy atom. The van der Waals surface area contributed by atoms with Gasteiger partial charge in [0.2, 0.25) is 0 Å². The highest BCUT2D eigenvalue weighted by Crippen LogP contribution is 2.40. The van der Waals surface area contributed by atoms with Crippen molar-refractivity contribution in [2.45, 2.75) is 51.4 Å². The minimum absolute atomic E-state index is 0.0370. The Balaban J connectivity index is 1.25. The van der Waals surface area contributed by atoms with E-state index < -0.39 is 17.9 Å². The third-order valence-electron chi connectivity index (χ3n) is 8.79. The molecular formula is C35H39ClN4O6. The van der Waals surface area contributed by atoms with Gasteiger partial charge in [-0.15, -0.1) is 0 Å². The maximum Gasteiger partial charge on any atom is 0.262 e. The fourth-order valence-corrected chi connectivity index (χ4v) is 6.38. The second-order valence-electron chi connectivity index (χ2n) is 11.8. The van der Waals surface area contributed by atoms with E-state index in [2.05, 4.69) is 10.6 Å². The lowest BCUT2D eigenvalue weighted by Gasteiger charge is -2.29. The van der Waals surface area contributed by atoms with Crippen LogP contribution in [0.3, 0.4) is 0 Å². The van der Waals surface area contributed by atoms with Crippen LogP contribution in [0.25, 0.3) is 22.3 Å². The van der Waals surface area contributed by atoms with Crippen LogP contribution in [0.1, 0.15) is 24.5 Å². The van der Waals surface area contributed by atoms with Crippen LogP contribution < -0.4 is 15.4 Å². The molecule has 3 aliphatic heterocycles. The van der Waals surface area contributed by atoms with E-state index in [1.54, 1.807) is 19.0 Å². The molecule has 242 valence electrons. The van der Waals surface area contributed by atoms with E-state index in [1.807, 2.05) is 68.4 Å². The summed E-state index contributed by atoms with van der Waals surface area (Å²) in [6, 6.07) is 17.5. The molecule has 2 unspecified atom stereocenters. The molecule has 0 aromatic heterocycles. The number of aliphatic hydroxyl groups is 1. The van der Waals surface area contributed by atoms with Gasteiger partial charge in [0, 0.05) is 61.9 Å². The van der Waals surface area contributed by atoms with Crippen LogP contribution in [0.4, 0.5) is 5.69 Å². The number of benzene rings is 3. The molecule has 0 saturated carbocycles. The Morgan fingerprint density at radius 1 is 1.09 bits per heavy atom. The molecule has 0 aliphatic carbocycles. The smallest absolute Gasteiger partial charge is 0.262 e. The van der Waals surface area contributed by atoms with Crippen LogP contribution in [0.5, 0.6) is 5.75 Å². The molecule has 0 bridgehead atoms. The third-order valence-corrected chi connectivity index (χ3v) is 9.19. The number of nitrogens with one attached hydrogen (secondary N) is 2. The van der Waals surface area contributed by atoms with E-state index in [4.69, 9.17) is 25.8 Å². The van der Waals surface area contributed by atoms with Crippen LogP contribution in [0, 0.1) is 6.92 Å². The number of fused-ring (bicyclic) bond motifs is 1. The Labute approximate surface area is 273 Å². The largest absolute Gasteiger partial charge is 0.494 e. The Kier molecular flexibility index (Phi) is 9.35. The molecule has 10 nitrogen and oxygen atoms in total. The van der Waals surface area contributed by atoms with Gasteiger partial charge in [-0.25, -0.2) is 0 Å². The molecule has 3 aromatic carbocycles. The van der Waals surface area contributed by atoms with Crippen LogP contribution >= 0.6 is 11.6 Å². The monoisotopic (exact) mass is 646 g/mol. The van der Waals surface area contributed by atoms with E-state index in [9.17, 15) is 14.7 Å². The lowest BCUT2D eigenvalue weighted by molar-refractivity contribution is -0.129. The molecule has 0 radical (unpaired) electrons. The molecule has 2 saturated heterocycles. The molecule has 3 heterocycles. The zero-order valence-electron chi connectivity index (χ0n) is 26.4. The highest BCUT2D eigenvalue weighted by Gasteiger charge is 2.50. The van der Waals surface area contributed by atoms with Gasteiger partial charge in [-0.2, -0.15) is 0 Å². The van der Waals surface area contributed by atoms with Crippen molar-refractivity contribution in [1.29, 1.82) is 0 Å². The molecule has 3 N–H and O–H groups in total. The van der Waals surface area contributed by atoms with Crippen molar-refractivity contribution in [1.82, 2.24) is 15.1 Å². The summed E-state index contributed by atoms with van der Waals surface area (Å²) in [4.78, 5) is 29.6. The predicted octanol–water partition coefficient (Wildman–Crippen LogP) is 4.53. The Morgan fingerprint density at radius 3 is 2.63 bits per heavy atom. The van der Waals surface area contributed by atoms with E-state index >= 15 is 0 Å². The number of aliphatic hydroxyl groups excluding tert-OH is 1. The van der Waals surface area contributed by atoms with Gasteiger partial charge >= 0.3 is 0 Å². The third kappa shape index (κ3) is 6.36. The van der Waals surface area contributed by atoms with Crippen molar-refractivity contribution in [3.63, 3.8) is 0 Å². The van der Waals surface area contributed by atoms with Gasteiger partial charge in [0.05, 0.1) is 24.3 Å². The van der Waals surface area contributed by atoms with E-state index in [1.165, 1.54) is 11.1 Å². The van der Waals surface area contributed by atoms with Crippen molar-refractivity contribution in [2.75, 3.05) is 39.2 Å². The lowest BCUT2D eigenvalue weighted by Crippen LogP contribution is -2.46. The average molecular weight is 647 g/mol. The van der Waals surface area contributed by atoms with E-state index in [0.717, 1.165) is 45.6 Å². The second kappa shape index (κ2) is 13.4. The van der Waals surface area contributed by atoms with E-state index in [0.29, 0.717) is 37.1 Å². The Hall–Kier alpha value is -3.93. The van der Waals surface area contributed by atoms with Crippen LogP contribution in [0.15, 0.2) is 66.4 Å². The predicted molar refractivity (Wildman–Crippen MR) is 176 cm³/mol.